The number of anilines is 1. The Balaban J connectivity index is 1.57. The lowest BCUT2D eigenvalue weighted by Crippen LogP contribution is -2.24. The van der Waals surface area contributed by atoms with Gasteiger partial charge in [0.05, 0.1) is 16.3 Å². The summed E-state index contributed by atoms with van der Waals surface area (Å²) in [6.45, 7) is 0.137. The molecular weight excluding hydrogens is 441 g/mol. The van der Waals surface area contributed by atoms with E-state index < -0.39 is 20.9 Å². The lowest BCUT2D eigenvalue weighted by atomic mass is 10.1. The molecule has 1 heterocycles. The molecule has 10 heteroatoms. The maximum atomic E-state index is 13.2. The van der Waals surface area contributed by atoms with Crippen LogP contribution in [-0.2, 0) is 26.1 Å². The highest BCUT2D eigenvalue weighted by Gasteiger charge is 2.36. The van der Waals surface area contributed by atoms with Gasteiger partial charge < -0.3 is 4.84 Å². The van der Waals surface area contributed by atoms with Gasteiger partial charge in [0.1, 0.15) is 6.61 Å². The molecule has 31 heavy (non-hydrogen) atoms. The summed E-state index contributed by atoms with van der Waals surface area (Å²) in [7, 11) is -3.35. The van der Waals surface area contributed by atoms with Crippen LogP contribution in [0.15, 0.2) is 70.8 Å². The Morgan fingerprint density at radius 1 is 1.16 bits per heavy atom. The molecule has 1 saturated carbocycles. The van der Waals surface area contributed by atoms with Crippen LogP contribution in [0.5, 0.6) is 0 Å². The molecule has 7 nitrogen and oxygen atoms in total. The fourth-order valence-electron chi connectivity index (χ4n) is 2.81. The van der Waals surface area contributed by atoms with E-state index in [0.29, 0.717) is 29.7 Å². The van der Waals surface area contributed by atoms with Gasteiger partial charge in [-0.3, -0.25) is 10.1 Å². The fraction of sp³-hybridized carbons (Fsp3) is 0.190. The molecule has 3 aromatic rings. The van der Waals surface area contributed by atoms with Gasteiger partial charge in [-0.15, -0.1) is 0 Å². The Kier molecular flexibility index (Phi) is 6.10. The van der Waals surface area contributed by atoms with Crippen LogP contribution in [0.25, 0.3) is 0 Å². The van der Waals surface area contributed by atoms with E-state index in [0.717, 1.165) is 11.8 Å². The van der Waals surface area contributed by atoms with Crippen LogP contribution in [-0.4, -0.2) is 30.3 Å². The smallest absolute Gasteiger partial charge is 0.280 e. The number of rotatable bonds is 8. The van der Waals surface area contributed by atoms with E-state index in [-0.39, 0.29) is 27.6 Å². The minimum Gasteiger partial charge on any atom is -0.390 e. The first-order valence-electron chi connectivity index (χ1n) is 9.44. The number of aromatic nitrogens is 1. The molecule has 0 unspecified atom stereocenters. The SMILES string of the molecule is O=C(Nc1ncc(F)s1)C(=NOCc1ccccc1)c1ccc(S(=O)(=O)C2CC2)cc1. The van der Waals surface area contributed by atoms with Crippen molar-refractivity contribution in [1.29, 1.82) is 0 Å². The molecule has 4 rings (SSSR count). The molecule has 1 amide bonds. The van der Waals surface area contributed by atoms with Gasteiger partial charge in [0.25, 0.3) is 5.91 Å². The van der Waals surface area contributed by atoms with Crippen molar-refractivity contribution < 1.29 is 22.4 Å². The highest BCUT2D eigenvalue weighted by atomic mass is 32.2. The standard InChI is InChI=1S/C21H18FN3O4S2/c22-18-12-23-21(30-18)24-20(26)19(25-29-13-14-4-2-1-3-5-14)15-6-8-16(9-7-15)31(27,28)17-10-11-17/h1-9,12,17H,10-11,13H2,(H,23,24,26). The Labute approximate surface area is 182 Å². The number of sulfone groups is 1. The molecule has 1 aliphatic rings. The van der Waals surface area contributed by atoms with E-state index in [2.05, 4.69) is 15.5 Å². The van der Waals surface area contributed by atoms with Crippen LogP contribution in [0, 0.1) is 5.13 Å². The Hall–Kier alpha value is -3.11. The van der Waals surface area contributed by atoms with Gasteiger partial charge in [-0.1, -0.05) is 59.0 Å². The first-order chi connectivity index (χ1) is 14.9. The monoisotopic (exact) mass is 459 g/mol. The predicted octanol–water partition coefficient (Wildman–Crippen LogP) is 3.78. The third kappa shape index (κ3) is 5.15. The zero-order chi connectivity index (χ0) is 21.8. The maximum Gasteiger partial charge on any atom is 0.280 e. The van der Waals surface area contributed by atoms with Crippen molar-refractivity contribution in [3.05, 3.63) is 77.1 Å². The number of hydrogen-bond acceptors (Lipinski definition) is 7. The number of carbonyl (C=O) groups excluding carboxylic acids is 1. The summed E-state index contributed by atoms with van der Waals surface area (Å²) in [5.74, 6) is -0.653. The van der Waals surface area contributed by atoms with Crippen LogP contribution in [0.3, 0.4) is 0 Å². The molecule has 0 bridgehead atoms. The van der Waals surface area contributed by atoms with Gasteiger partial charge in [0, 0.05) is 5.56 Å². The van der Waals surface area contributed by atoms with Crippen LogP contribution in [0.4, 0.5) is 9.52 Å². The lowest BCUT2D eigenvalue weighted by molar-refractivity contribution is -0.110. The summed E-state index contributed by atoms with van der Waals surface area (Å²) in [6.07, 6.45) is 2.33. The number of thiazole rings is 1. The van der Waals surface area contributed by atoms with E-state index >= 15 is 0 Å². The Bertz CT molecular complexity index is 1200. The second-order valence-electron chi connectivity index (χ2n) is 6.89. The molecule has 0 saturated heterocycles. The molecule has 0 aliphatic heterocycles. The second kappa shape index (κ2) is 8.94. The van der Waals surface area contributed by atoms with Crippen molar-refractivity contribution in [2.24, 2.45) is 5.16 Å². The molecule has 1 fully saturated rings. The molecule has 0 atom stereocenters. The molecule has 2 aromatic carbocycles. The van der Waals surface area contributed by atoms with Crippen molar-refractivity contribution in [2.75, 3.05) is 5.32 Å². The van der Waals surface area contributed by atoms with Gasteiger partial charge in [-0.05, 0) is 30.5 Å². The summed E-state index contributed by atoms with van der Waals surface area (Å²) in [4.78, 5) is 22.1. The summed E-state index contributed by atoms with van der Waals surface area (Å²) in [6, 6.07) is 15.2. The molecular formula is C21H18FN3O4S2. The zero-order valence-electron chi connectivity index (χ0n) is 16.2. The van der Waals surface area contributed by atoms with Gasteiger partial charge in [0.15, 0.2) is 25.8 Å². The predicted molar refractivity (Wildman–Crippen MR) is 115 cm³/mol. The fourth-order valence-corrected chi connectivity index (χ4v) is 5.01. The van der Waals surface area contributed by atoms with Gasteiger partial charge >= 0.3 is 0 Å². The topological polar surface area (TPSA) is 97.7 Å². The normalized spacial score (nSPS) is 14.3. The molecule has 160 valence electrons. The number of nitrogens with zero attached hydrogens (tertiary/aromatic N) is 2. The van der Waals surface area contributed by atoms with Crippen molar-refractivity contribution in [3.63, 3.8) is 0 Å². The number of benzene rings is 2. The van der Waals surface area contributed by atoms with Crippen molar-refractivity contribution in [2.45, 2.75) is 29.6 Å². The molecule has 1 aromatic heterocycles. The average molecular weight is 460 g/mol. The van der Waals surface area contributed by atoms with E-state index in [4.69, 9.17) is 4.84 Å². The summed E-state index contributed by atoms with van der Waals surface area (Å²) < 4.78 is 38.0. The third-order valence-corrected chi connectivity index (χ3v) is 7.54. The third-order valence-electron chi connectivity index (χ3n) is 4.56. The molecule has 1 N–H and O–H groups in total. The second-order valence-corrected chi connectivity index (χ2v) is 10.1. The molecule has 1 aliphatic carbocycles. The number of nitrogens with one attached hydrogen (secondary N) is 1. The first-order valence-corrected chi connectivity index (χ1v) is 11.8. The average Bonchev–Trinajstić information content (AvgIpc) is 3.56. The minimum absolute atomic E-state index is 0.0752. The first kappa shape index (κ1) is 21.1. The van der Waals surface area contributed by atoms with Crippen molar-refractivity contribution in [3.8, 4) is 0 Å². The van der Waals surface area contributed by atoms with Crippen LogP contribution in [0.2, 0.25) is 0 Å². The van der Waals surface area contributed by atoms with Crippen LogP contribution < -0.4 is 5.32 Å². The number of amides is 1. The van der Waals surface area contributed by atoms with Gasteiger partial charge in [-0.2, -0.15) is 4.39 Å². The van der Waals surface area contributed by atoms with E-state index in [9.17, 15) is 17.6 Å². The summed E-state index contributed by atoms with van der Waals surface area (Å²) in [5.41, 5.74) is 1.14. The number of oxime groups is 1. The maximum absolute atomic E-state index is 13.2. The summed E-state index contributed by atoms with van der Waals surface area (Å²) >= 11 is 0.680. The highest BCUT2D eigenvalue weighted by Crippen LogP contribution is 2.33. The molecule has 0 spiro atoms. The summed E-state index contributed by atoms with van der Waals surface area (Å²) in [5, 5.41) is 5.66. The number of halogens is 1. The molecule has 0 radical (unpaired) electrons. The minimum atomic E-state index is -3.35. The van der Waals surface area contributed by atoms with Crippen molar-refractivity contribution >= 4 is 37.9 Å². The van der Waals surface area contributed by atoms with E-state index in [1.807, 2.05) is 30.3 Å². The highest BCUT2D eigenvalue weighted by molar-refractivity contribution is 7.92. The lowest BCUT2D eigenvalue weighted by Gasteiger charge is -2.08. The van der Waals surface area contributed by atoms with Crippen LogP contribution in [0.1, 0.15) is 24.0 Å². The van der Waals surface area contributed by atoms with Crippen LogP contribution >= 0.6 is 11.3 Å². The van der Waals surface area contributed by atoms with Crippen molar-refractivity contribution in [1.82, 2.24) is 4.98 Å². The van der Waals surface area contributed by atoms with Gasteiger partial charge in [-0.25, -0.2) is 13.4 Å². The van der Waals surface area contributed by atoms with E-state index in [1.54, 1.807) is 0 Å². The largest absolute Gasteiger partial charge is 0.390 e. The quantitative estimate of drug-likeness (QED) is 0.408. The Morgan fingerprint density at radius 3 is 2.48 bits per heavy atom. The number of hydrogen-bond donors (Lipinski definition) is 1. The number of carbonyl (C=O) groups is 1. The zero-order valence-corrected chi connectivity index (χ0v) is 17.8. The van der Waals surface area contributed by atoms with Gasteiger partial charge in [0.2, 0.25) is 0 Å². The Morgan fingerprint density at radius 2 is 1.87 bits per heavy atom. The van der Waals surface area contributed by atoms with E-state index in [1.165, 1.54) is 24.3 Å².